The van der Waals surface area contributed by atoms with Crippen molar-refractivity contribution in [2.75, 3.05) is 19.3 Å². The maximum Gasteiger partial charge on any atom is 0.211 e. The molecule has 1 aliphatic carbocycles. The van der Waals surface area contributed by atoms with Crippen molar-refractivity contribution in [3.63, 3.8) is 0 Å². The van der Waals surface area contributed by atoms with Gasteiger partial charge in [-0.25, -0.2) is 12.7 Å². The van der Waals surface area contributed by atoms with Gasteiger partial charge in [-0.1, -0.05) is 20.8 Å². The molecule has 1 heterocycles. The summed E-state index contributed by atoms with van der Waals surface area (Å²) in [6.07, 6.45) is 7.01. The summed E-state index contributed by atoms with van der Waals surface area (Å²) in [5.74, 6) is 0.785. The van der Waals surface area contributed by atoms with E-state index >= 15 is 0 Å². The Balaban J connectivity index is 1.84. The first kappa shape index (κ1) is 16.2. The van der Waals surface area contributed by atoms with Crippen molar-refractivity contribution < 1.29 is 8.42 Å². The van der Waals surface area contributed by atoms with Crippen LogP contribution >= 0.6 is 0 Å². The van der Waals surface area contributed by atoms with Crippen LogP contribution in [0.15, 0.2) is 0 Å². The SMILES string of the molecule is CC1CC(NC2CCN(S(C)(=O)=O)CC2)CC(C)(C)C1. The summed E-state index contributed by atoms with van der Waals surface area (Å²) in [6, 6.07) is 1.09. The van der Waals surface area contributed by atoms with E-state index in [9.17, 15) is 8.42 Å². The van der Waals surface area contributed by atoms with Gasteiger partial charge in [-0.3, -0.25) is 0 Å². The van der Waals surface area contributed by atoms with Crippen LogP contribution in [0, 0.1) is 11.3 Å². The number of hydrogen-bond donors (Lipinski definition) is 1. The lowest BCUT2D eigenvalue weighted by molar-refractivity contribution is 0.136. The van der Waals surface area contributed by atoms with Crippen LogP contribution in [-0.2, 0) is 10.0 Å². The minimum Gasteiger partial charge on any atom is -0.311 e. The van der Waals surface area contributed by atoms with Gasteiger partial charge in [0.2, 0.25) is 10.0 Å². The molecule has 2 unspecified atom stereocenters. The summed E-state index contributed by atoms with van der Waals surface area (Å²) in [6.45, 7) is 8.42. The Bertz CT molecular complexity index is 425. The predicted molar refractivity (Wildman–Crippen MR) is 83.2 cm³/mol. The number of rotatable bonds is 3. The van der Waals surface area contributed by atoms with Crippen molar-refractivity contribution in [3.05, 3.63) is 0 Å². The van der Waals surface area contributed by atoms with E-state index in [0.717, 1.165) is 18.8 Å². The fourth-order valence-electron chi connectivity index (χ4n) is 4.16. The minimum atomic E-state index is -3.00. The highest BCUT2D eigenvalue weighted by atomic mass is 32.2. The van der Waals surface area contributed by atoms with Gasteiger partial charge in [-0.15, -0.1) is 0 Å². The summed E-state index contributed by atoms with van der Waals surface area (Å²) in [4.78, 5) is 0. The molecular weight excluding hydrogens is 272 g/mol. The van der Waals surface area contributed by atoms with Crippen molar-refractivity contribution in [2.24, 2.45) is 11.3 Å². The molecule has 118 valence electrons. The standard InChI is InChI=1S/C15H30N2O2S/c1-12-9-14(11-15(2,3)10-12)16-13-5-7-17(8-6-13)20(4,18)19/h12-14,16H,5-11H2,1-4H3. The largest absolute Gasteiger partial charge is 0.311 e. The maximum atomic E-state index is 11.5. The van der Waals surface area contributed by atoms with Gasteiger partial charge in [0.25, 0.3) is 0 Å². The molecule has 0 spiro atoms. The number of hydrogen-bond acceptors (Lipinski definition) is 3. The Labute approximate surface area is 124 Å². The number of nitrogens with zero attached hydrogens (tertiary/aromatic N) is 1. The molecule has 4 nitrogen and oxygen atoms in total. The fraction of sp³-hybridized carbons (Fsp3) is 1.00. The van der Waals surface area contributed by atoms with Crippen molar-refractivity contribution in [1.29, 1.82) is 0 Å². The molecule has 0 bridgehead atoms. The average molecular weight is 302 g/mol. The third-order valence-corrected chi connectivity index (χ3v) is 6.08. The molecule has 0 aromatic heterocycles. The highest BCUT2D eigenvalue weighted by Crippen LogP contribution is 2.38. The van der Waals surface area contributed by atoms with E-state index in [1.165, 1.54) is 25.5 Å². The third-order valence-electron chi connectivity index (χ3n) is 4.78. The van der Waals surface area contributed by atoms with E-state index < -0.39 is 10.0 Å². The summed E-state index contributed by atoms with van der Waals surface area (Å²) in [5, 5.41) is 3.79. The molecule has 20 heavy (non-hydrogen) atoms. The van der Waals surface area contributed by atoms with Crippen molar-refractivity contribution in [3.8, 4) is 0 Å². The first-order chi connectivity index (χ1) is 9.16. The second kappa shape index (κ2) is 5.93. The first-order valence-electron chi connectivity index (χ1n) is 7.87. The normalized spacial score (nSPS) is 33.2. The number of nitrogens with one attached hydrogen (secondary N) is 1. The third kappa shape index (κ3) is 4.43. The molecule has 5 heteroatoms. The molecule has 2 fully saturated rings. The molecule has 1 N–H and O–H groups in total. The second-order valence-corrected chi connectivity index (χ2v) is 9.70. The monoisotopic (exact) mass is 302 g/mol. The Kier molecular flexibility index (Phi) is 4.82. The summed E-state index contributed by atoms with van der Waals surface area (Å²) >= 11 is 0. The summed E-state index contributed by atoms with van der Waals surface area (Å²) in [5.41, 5.74) is 0.433. The topological polar surface area (TPSA) is 49.4 Å². The molecule has 1 saturated carbocycles. The lowest BCUT2D eigenvalue weighted by Gasteiger charge is -2.42. The van der Waals surface area contributed by atoms with Crippen LogP contribution < -0.4 is 5.32 Å². The van der Waals surface area contributed by atoms with E-state index in [1.54, 1.807) is 4.31 Å². The lowest BCUT2D eigenvalue weighted by Crippen LogP contribution is -2.50. The van der Waals surface area contributed by atoms with Crippen molar-refractivity contribution >= 4 is 10.0 Å². The zero-order chi connectivity index (χ0) is 15.0. The van der Waals surface area contributed by atoms with Gasteiger partial charge in [0.05, 0.1) is 6.26 Å². The van der Waals surface area contributed by atoms with Crippen LogP contribution in [0.4, 0.5) is 0 Å². The molecule has 2 rings (SSSR count). The average Bonchev–Trinajstić information content (AvgIpc) is 2.25. The second-order valence-electron chi connectivity index (χ2n) is 7.71. The summed E-state index contributed by atoms with van der Waals surface area (Å²) < 4.78 is 24.6. The van der Waals surface area contributed by atoms with Gasteiger partial charge in [0.15, 0.2) is 0 Å². The van der Waals surface area contributed by atoms with E-state index in [-0.39, 0.29) is 0 Å². The molecule has 2 aliphatic rings. The first-order valence-corrected chi connectivity index (χ1v) is 9.72. The van der Waals surface area contributed by atoms with Gasteiger partial charge in [0, 0.05) is 25.2 Å². The van der Waals surface area contributed by atoms with Gasteiger partial charge < -0.3 is 5.32 Å². The molecule has 0 aromatic rings. The van der Waals surface area contributed by atoms with Gasteiger partial charge >= 0.3 is 0 Å². The number of sulfonamides is 1. The van der Waals surface area contributed by atoms with Crippen LogP contribution in [-0.4, -0.2) is 44.2 Å². The van der Waals surface area contributed by atoms with Crippen LogP contribution in [0.2, 0.25) is 0 Å². The van der Waals surface area contributed by atoms with Crippen LogP contribution in [0.1, 0.15) is 52.9 Å². The van der Waals surface area contributed by atoms with Gasteiger partial charge in [0.1, 0.15) is 0 Å². The van der Waals surface area contributed by atoms with Crippen molar-refractivity contribution in [2.45, 2.75) is 65.0 Å². The van der Waals surface area contributed by atoms with Crippen LogP contribution in [0.5, 0.6) is 0 Å². The molecule has 0 amide bonds. The van der Waals surface area contributed by atoms with Gasteiger partial charge in [-0.2, -0.15) is 0 Å². The fourth-order valence-corrected chi connectivity index (χ4v) is 5.03. The molecule has 0 aromatic carbocycles. The van der Waals surface area contributed by atoms with E-state index in [1.807, 2.05) is 0 Å². The van der Waals surface area contributed by atoms with E-state index in [4.69, 9.17) is 0 Å². The molecule has 1 aliphatic heterocycles. The Hall–Kier alpha value is -0.130. The van der Waals surface area contributed by atoms with Crippen molar-refractivity contribution in [1.82, 2.24) is 9.62 Å². The summed E-state index contributed by atoms with van der Waals surface area (Å²) in [7, 11) is -3.00. The Morgan fingerprint density at radius 1 is 1.10 bits per heavy atom. The molecule has 1 saturated heterocycles. The molecular formula is C15H30N2O2S. The quantitative estimate of drug-likeness (QED) is 0.869. The Morgan fingerprint density at radius 2 is 1.70 bits per heavy atom. The van der Waals surface area contributed by atoms with Crippen LogP contribution in [0.3, 0.4) is 0 Å². The zero-order valence-electron chi connectivity index (χ0n) is 13.4. The Morgan fingerprint density at radius 3 is 2.20 bits per heavy atom. The highest BCUT2D eigenvalue weighted by molar-refractivity contribution is 7.88. The lowest BCUT2D eigenvalue weighted by atomic mass is 9.70. The predicted octanol–water partition coefficient (Wildman–Crippen LogP) is 2.21. The maximum absolute atomic E-state index is 11.5. The van der Waals surface area contributed by atoms with Crippen LogP contribution in [0.25, 0.3) is 0 Å². The minimum absolute atomic E-state index is 0.433. The van der Waals surface area contributed by atoms with E-state index in [0.29, 0.717) is 30.6 Å². The molecule has 0 radical (unpaired) electrons. The highest BCUT2D eigenvalue weighted by Gasteiger charge is 2.34. The zero-order valence-corrected chi connectivity index (χ0v) is 14.2. The van der Waals surface area contributed by atoms with E-state index in [2.05, 4.69) is 26.1 Å². The molecule has 2 atom stereocenters. The smallest absolute Gasteiger partial charge is 0.211 e. The van der Waals surface area contributed by atoms with Gasteiger partial charge in [-0.05, 0) is 43.4 Å². The number of piperidine rings is 1.